The van der Waals surface area contributed by atoms with Crippen LogP contribution in [0, 0.1) is 0 Å². The van der Waals surface area contributed by atoms with Gasteiger partial charge >= 0.3 is 11.3 Å². The van der Waals surface area contributed by atoms with Crippen LogP contribution in [0.1, 0.15) is 33.4 Å². The molecule has 0 fully saturated rings. The highest BCUT2D eigenvalue weighted by molar-refractivity contribution is 7.91. The minimum Gasteiger partial charge on any atom is -0.454 e. The van der Waals surface area contributed by atoms with E-state index in [1.807, 2.05) is 0 Å². The van der Waals surface area contributed by atoms with Crippen LogP contribution in [-0.2, 0) is 46.6 Å². The van der Waals surface area contributed by atoms with E-state index in [-0.39, 0.29) is 90.0 Å². The van der Waals surface area contributed by atoms with Crippen LogP contribution in [0.3, 0.4) is 0 Å². The number of fused-ring (bicyclic) bond motifs is 2. The fraction of sp³-hybridized carbons (Fsp3) is 0.167. The van der Waals surface area contributed by atoms with Gasteiger partial charge in [-0.15, -0.1) is 0 Å². The molecule has 0 aliphatic rings. The van der Waals surface area contributed by atoms with Crippen LogP contribution < -0.4 is 34.9 Å². The molecule has 6 rings (SSSR count). The number of nitrogens with one attached hydrogen (secondary N) is 4. The summed E-state index contributed by atoms with van der Waals surface area (Å²) < 4.78 is 103. The van der Waals surface area contributed by atoms with Crippen molar-refractivity contribution in [2.24, 2.45) is 0 Å². The van der Waals surface area contributed by atoms with Gasteiger partial charge in [-0.25, -0.2) is 27.8 Å². The molecule has 2 heterocycles. The normalized spacial score (nSPS) is 12.0. The third-order valence-corrected chi connectivity index (χ3v) is 11.2. The molecule has 0 bridgehead atoms. The summed E-state index contributed by atoms with van der Waals surface area (Å²) in [6.45, 7) is -2.12. The van der Waals surface area contributed by atoms with Gasteiger partial charge in [0, 0.05) is 72.1 Å². The minimum absolute atomic E-state index is 0.00453. The summed E-state index contributed by atoms with van der Waals surface area (Å²) in [6.07, 6.45) is -0.179. The third-order valence-electron chi connectivity index (χ3n) is 8.49. The Balaban J connectivity index is 1.31. The van der Waals surface area contributed by atoms with Crippen LogP contribution in [0.2, 0.25) is 10.0 Å². The van der Waals surface area contributed by atoms with Gasteiger partial charge in [0.15, 0.2) is 0 Å². The average molecular weight is 836 g/mol. The van der Waals surface area contributed by atoms with Crippen LogP contribution in [0.25, 0.3) is 21.9 Å². The van der Waals surface area contributed by atoms with Crippen molar-refractivity contribution in [3.8, 4) is 11.5 Å². The summed E-state index contributed by atoms with van der Waals surface area (Å²) in [7, 11) is -5.13. The lowest BCUT2D eigenvalue weighted by molar-refractivity contribution is 0.468. The van der Waals surface area contributed by atoms with Gasteiger partial charge in [-0.3, -0.25) is 9.44 Å². The number of hydrogen-bond acceptors (Lipinski definition) is 9. The van der Waals surface area contributed by atoms with Crippen LogP contribution in [0.5, 0.6) is 11.5 Å². The second kappa shape index (κ2) is 16.0. The molecule has 0 atom stereocenters. The van der Waals surface area contributed by atoms with Crippen molar-refractivity contribution in [2.75, 3.05) is 23.5 Å². The predicted octanol–water partition coefficient (Wildman–Crippen LogP) is 6.87. The smallest absolute Gasteiger partial charge is 0.340 e. The molecule has 0 aliphatic carbocycles. The molecule has 0 radical (unpaired) electrons. The van der Waals surface area contributed by atoms with Crippen molar-refractivity contribution in [1.29, 1.82) is 0 Å². The summed E-state index contributed by atoms with van der Waals surface area (Å²) in [5, 5.41) is 0.314. The Kier molecular flexibility index (Phi) is 11.5. The molecule has 19 heteroatoms. The van der Waals surface area contributed by atoms with Gasteiger partial charge in [0.2, 0.25) is 0 Å². The molecule has 4 aromatic carbocycles. The zero-order valence-electron chi connectivity index (χ0n) is 28.8. The highest BCUT2D eigenvalue weighted by Gasteiger charge is 2.22. The fourth-order valence-corrected chi connectivity index (χ4v) is 7.34. The molecule has 0 unspecified atom stereocenters. The lowest BCUT2D eigenvalue weighted by Gasteiger charge is -2.15. The van der Waals surface area contributed by atoms with Gasteiger partial charge in [-0.05, 0) is 47.5 Å². The molecule has 2 aromatic heterocycles. The van der Waals surface area contributed by atoms with Crippen molar-refractivity contribution in [1.82, 2.24) is 9.44 Å². The van der Waals surface area contributed by atoms with Crippen LogP contribution in [0.15, 0.2) is 91.2 Å². The molecule has 13 nitrogen and oxygen atoms in total. The number of hydrogen-bond donors (Lipinski definition) is 4. The highest BCUT2D eigenvalue weighted by atomic mass is 35.5. The number of rotatable bonds is 14. The monoisotopic (exact) mass is 834 g/mol. The number of halogens is 4. The zero-order valence-corrected chi connectivity index (χ0v) is 31.9. The molecule has 55 heavy (non-hydrogen) atoms. The van der Waals surface area contributed by atoms with E-state index < -0.39 is 45.0 Å². The first-order valence-corrected chi connectivity index (χ1v) is 19.8. The minimum atomic E-state index is -3.81. The second-order valence-corrected chi connectivity index (χ2v) is 16.0. The molecule has 0 saturated carbocycles. The Morgan fingerprint density at radius 3 is 1.38 bits per heavy atom. The lowest BCUT2D eigenvalue weighted by atomic mass is 9.98. The first-order chi connectivity index (χ1) is 26.1. The van der Waals surface area contributed by atoms with Gasteiger partial charge < -0.3 is 13.6 Å². The van der Waals surface area contributed by atoms with E-state index in [0.29, 0.717) is 11.1 Å². The Morgan fingerprint density at radius 2 is 1.02 bits per heavy atom. The average Bonchev–Trinajstić information content (AvgIpc) is 3.13. The van der Waals surface area contributed by atoms with Crippen LogP contribution >= 0.6 is 23.2 Å². The number of alkyl halides is 2. The lowest BCUT2D eigenvalue weighted by Crippen LogP contribution is -2.26. The maximum atomic E-state index is 14.6. The van der Waals surface area contributed by atoms with Crippen molar-refractivity contribution >= 4 is 76.9 Å². The molecule has 0 aliphatic heterocycles. The summed E-state index contributed by atoms with van der Waals surface area (Å²) >= 11 is 13.2. The number of ether oxygens (including phenoxy) is 1. The molecule has 0 saturated heterocycles. The van der Waals surface area contributed by atoms with Crippen molar-refractivity contribution in [2.45, 2.75) is 26.2 Å². The van der Waals surface area contributed by atoms with Crippen molar-refractivity contribution in [3.05, 3.63) is 137 Å². The quantitative estimate of drug-likeness (QED) is 0.0850. The van der Waals surface area contributed by atoms with Gasteiger partial charge in [-0.1, -0.05) is 47.5 Å². The van der Waals surface area contributed by atoms with Crippen LogP contribution in [0.4, 0.5) is 20.2 Å². The second-order valence-electron chi connectivity index (χ2n) is 12.0. The Hall–Kier alpha value is -5.04. The maximum Gasteiger partial charge on any atom is 0.340 e. The first kappa shape index (κ1) is 39.6. The molecule has 0 spiro atoms. The van der Waals surface area contributed by atoms with E-state index in [9.17, 15) is 35.2 Å². The first-order valence-electron chi connectivity index (χ1n) is 16.1. The molecule has 6 aromatic rings. The van der Waals surface area contributed by atoms with Gasteiger partial charge in [0.25, 0.3) is 20.4 Å². The summed E-state index contributed by atoms with van der Waals surface area (Å²) in [5.41, 5.74) is -0.388. The van der Waals surface area contributed by atoms with Gasteiger partial charge in [0.05, 0.1) is 21.4 Å². The Morgan fingerprint density at radius 1 is 0.618 bits per heavy atom. The van der Waals surface area contributed by atoms with Crippen LogP contribution in [-0.4, -0.2) is 30.9 Å². The van der Waals surface area contributed by atoms with E-state index in [2.05, 4.69) is 18.9 Å². The Bertz CT molecular complexity index is 2630. The Labute approximate surface area is 322 Å². The van der Waals surface area contributed by atoms with E-state index >= 15 is 0 Å². The summed E-state index contributed by atoms with van der Waals surface area (Å²) in [5.74, 6) is -0.113. The number of anilines is 2. The summed E-state index contributed by atoms with van der Waals surface area (Å²) in [6, 6.07) is 17.7. The molecule has 4 N–H and O–H groups in total. The van der Waals surface area contributed by atoms with E-state index in [4.69, 9.17) is 36.8 Å². The van der Waals surface area contributed by atoms with E-state index in [1.165, 1.54) is 62.6 Å². The maximum absolute atomic E-state index is 14.6. The van der Waals surface area contributed by atoms with Gasteiger partial charge in [-0.2, -0.15) is 16.8 Å². The van der Waals surface area contributed by atoms with Crippen molar-refractivity contribution in [3.63, 3.8) is 0 Å². The predicted molar refractivity (Wildman–Crippen MR) is 206 cm³/mol. The standard InChI is InChI=1S/C36H30Cl2F2N4O9S2/c1-41-54(47,48)43-21-7-3-5-19(9-21)11-25-27(17-39)23-13-29(37)33(15-31(23)52-35(25)45)51-34-16-32-24(14-30(34)38)28(18-40)26(36(46)53-32)12-20-6-4-8-22(10-20)44-55(49,50)42-2/h3-10,13-16,41-44H,11-12,17-18H2,1-2H3. The van der Waals surface area contributed by atoms with Crippen molar-refractivity contribution < 1.29 is 39.2 Å². The van der Waals surface area contributed by atoms with Gasteiger partial charge in [0.1, 0.15) is 36.0 Å². The number of benzene rings is 4. The molecular formula is C36H30Cl2F2N4O9S2. The zero-order chi connectivity index (χ0) is 39.7. The van der Waals surface area contributed by atoms with E-state index in [0.717, 1.165) is 0 Å². The third kappa shape index (κ3) is 8.77. The molecule has 288 valence electrons. The summed E-state index contributed by atoms with van der Waals surface area (Å²) in [4.78, 5) is 26.4. The topological polar surface area (TPSA) is 186 Å². The highest BCUT2D eigenvalue weighted by Crippen LogP contribution is 2.40. The molecule has 0 amide bonds. The fourth-order valence-electron chi connectivity index (χ4n) is 5.85. The SMILES string of the molecule is CNS(=O)(=O)Nc1cccc(Cc2c(CF)c3cc(Cl)c(Oc4cc5oc(=O)c(Cc6cccc(NS(=O)(=O)NC)c6)c(CF)c5cc4Cl)cc3oc2=O)c1. The molecular weight excluding hydrogens is 805 g/mol. The van der Waals surface area contributed by atoms with E-state index in [1.54, 1.807) is 24.3 Å². The largest absolute Gasteiger partial charge is 0.454 e.